The van der Waals surface area contributed by atoms with Crippen molar-refractivity contribution in [3.8, 4) is 5.75 Å². The van der Waals surface area contributed by atoms with Gasteiger partial charge in [-0.05, 0) is 35.4 Å². The average Bonchev–Trinajstić information content (AvgIpc) is 2.85. The van der Waals surface area contributed by atoms with E-state index in [1.54, 1.807) is 0 Å². The van der Waals surface area contributed by atoms with Gasteiger partial charge in [-0.25, -0.2) is 0 Å². The Morgan fingerprint density at radius 2 is 2.11 bits per heavy atom. The molecular formula is C15H13BrClNO. The first-order chi connectivity index (χ1) is 9.15. The summed E-state index contributed by atoms with van der Waals surface area (Å²) in [5, 5.41) is 0.695. The van der Waals surface area contributed by atoms with Gasteiger partial charge in [-0.1, -0.05) is 39.7 Å². The van der Waals surface area contributed by atoms with E-state index in [4.69, 9.17) is 22.1 Å². The third-order valence-corrected chi connectivity index (χ3v) is 4.01. The normalized spacial score (nSPS) is 14.9. The average molecular weight is 339 g/mol. The predicted molar refractivity (Wildman–Crippen MR) is 80.8 cm³/mol. The highest BCUT2D eigenvalue weighted by Gasteiger charge is 2.22. The van der Waals surface area contributed by atoms with Crippen molar-refractivity contribution in [1.29, 1.82) is 0 Å². The standard InChI is InChI=1S/C15H13BrClNO/c16-11-6-10-4-5-19-15(10)13(8-11)14(18)9-2-1-3-12(17)7-9/h1-3,6-8,14H,4-5,18H2. The molecule has 0 saturated carbocycles. The quantitative estimate of drug-likeness (QED) is 0.895. The molecule has 2 N–H and O–H groups in total. The zero-order valence-corrected chi connectivity index (χ0v) is 12.5. The highest BCUT2D eigenvalue weighted by Crippen LogP contribution is 2.38. The van der Waals surface area contributed by atoms with E-state index in [2.05, 4.69) is 22.0 Å². The van der Waals surface area contributed by atoms with Gasteiger partial charge >= 0.3 is 0 Å². The van der Waals surface area contributed by atoms with Crippen LogP contribution < -0.4 is 10.5 Å². The first kappa shape index (κ1) is 13.0. The smallest absolute Gasteiger partial charge is 0.127 e. The van der Waals surface area contributed by atoms with E-state index >= 15 is 0 Å². The molecule has 1 heterocycles. The maximum Gasteiger partial charge on any atom is 0.127 e. The third-order valence-electron chi connectivity index (χ3n) is 3.32. The van der Waals surface area contributed by atoms with Crippen molar-refractivity contribution in [3.05, 3.63) is 62.6 Å². The Kier molecular flexibility index (Phi) is 3.52. The first-order valence-corrected chi connectivity index (χ1v) is 7.28. The minimum absolute atomic E-state index is 0.233. The molecule has 2 aromatic carbocycles. The molecule has 0 fully saturated rings. The number of hydrogen-bond acceptors (Lipinski definition) is 2. The fourth-order valence-electron chi connectivity index (χ4n) is 2.41. The minimum atomic E-state index is -0.233. The molecule has 4 heteroatoms. The molecule has 98 valence electrons. The fraction of sp³-hybridized carbons (Fsp3) is 0.200. The van der Waals surface area contributed by atoms with Gasteiger partial charge < -0.3 is 10.5 Å². The van der Waals surface area contributed by atoms with Gasteiger partial charge in [0.05, 0.1) is 12.6 Å². The number of halogens is 2. The second-order valence-electron chi connectivity index (χ2n) is 4.61. The fourth-order valence-corrected chi connectivity index (χ4v) is 3.13. The van der Waals surface area contributed by atoms with Gasteiger partial charge in [0, 0.05) is 21.5 Å². The SMILES string of the molecule is NC(c1cccc(Cl)c1)c1cc(Br)cc2c1OCC2. The van der Waals surface area contributed by atoms with Crippen molar-refractivity contribution in [2.75, 3.05) is 6.61 Å². The van der Waals surface area contributed by atoms with Gasteiger partial charge in [0.2, 0.25) is 0 Å². The number of rotatable bonds is 2. The van der Waals surface area contributed by atoms with Crippen LogP contribution in [0.2, 0.25) is 5.02 Å². The summed E-state index contributed by atoms with van der Waals surface area (Å²) in [6.45, 7) is 0.723. The summed E-state index contributed by atoms with van der Waals surface area (Å²) in [5.41, 5.74) is 9.57. The van der Waals surface area contributed by atoms with Gasteiger partial charge in [-0.2, -0.15) is 0 Å². The summed E-state index contributed by atoms with van der Waals surface area (Å²) in [7, 11) is 0. The number of ether oxygens (including phenoxy) is 1. The second kappa shape index (κ2) is 5.16. The van der Waals surface area contributed by atoms with Crippen molar-refractivity contribution in [3.63, 3.8) is 0 Å². The topological polar surface area (TPSA) is 35.2 Å². The zero-order chi connectivity index (χ0) is 13.4. The molecule has 1 aliphatic heterocycles. The lowest BCUT2D eigenvalue weighted by atomic mass is 9.97. The maximum absolute atomic E-state index is 6.37. The highest BCUT2D eigenvalue weighted by molar-refractivity contribution is 9.10. The summed E-state index contributed by atoms with van der Waals surface area (Å²) >= 11 is 9.56. The molecule has 0 spiro atoms. The molecule has 0 radical (unpaired) electrons. The molecule has 2 aromatic rings. The molecule has 1 aliphatic rings. The molecule has 0 aromatic heterocycles. The Morgan fingerprint density at radius 1 is 1.26 bits per heavy atom. The van der Waals surface area contributed by atoms with Crippen molar-refractivity contribution in [2.45, 2.75) is 12.5 Å². The Hall–Kier alpha value is -1.03. The Bertz CT molecular complexity index is 630. The molecule has 0 bridgehead atoms. The van der Waals surface area contributed by atoms with Gasteiger partial charge in [0.25, 0.3) is 0 Å². The van der Waals surface area contributed by atoms with Crippen LogP contribution in [-0.4, -0.2) is 6.61 Å². The van der Waals surface area contributed by atoms with Gasteiger partial charge in [0.1, 0.15) is 5.75 Å². The number of benzene rings is 2. The Labute approximate surface area is 125 Å². The van der Waals surface area contributed by atoms with E-state index in [1.165, 1.54) is 5.56 Å². The molecule has 0 saturated heterocycles. The molecule has 3 rings (SSSR count). The van der Waals surface area contributed by atoms with Crippen LogP contribution in [0, 0.1) is 0 Å². The zero-order valence-electron chi connectivity index (χ0n) is 10.2. The van der Waals surface area contributed by atoms with Gasteiger partial charge in [-0.15, -0.1) is 0 Å². The summed E-state index contributed by atoms with van der Waals surface area (Å²) in [6, 6.07) is 11.5. The molecule has 1 atom stereocenters. The number of hydrogen-bond donors (Lipinski definition) is 1. The summed E-state index contributed by atoms with van der Waals surface area (Å²) in [6.07, 6.45) is 0.935. The maximum atomic E-state index is 6.37. The molecule has 2 nitrogen and oxygen atoms in total. The van der Waals surface area contributed by atoms with Crippen LogP contribution in [0.1, 0.15) is 22.7 Å². The van der Waals surface area contributed by atoms with Crippen LogP contribution in [-0.2, 0) is 6.42 Å². The molecule has 0 amide bonds. The second-order valence-corrected chi connectivity index (χ2v) is 5.97. The number of fused-ring (bicyclic) bond motifs is 1. The van der Waals surface area contributed by atoms with E-state index in [0.717, 1.165) is 34.4 Å². The van der Waals surface area contributed by atoms with Crippen molar-refractivity contribution in [1.82, 2.24) is 0 Å². The van der Waals surface area contributed by atoms with Crippen molar-refractivity contribution >= 4 is 27.5 Å². The van der Waals surface area contributed by atoms with E-state index < -0.39 is 0 Å². The van der Waals surface area contributed by atoms with Crippen LogP contribution in [0.4, 0.5) is 0 Å². The van der Waals surface area contributed by atoms with Crippen LogP contribution in [0.3, 0.4) is 0 Å². The van der Waals surface area contributed by atoms with Gasteiger partial charge in [0.15, 0.2) is 0 Å². The van der Waals surface area contributed by atoms with E-state index in [1.807, 2.05) is 30.3 Å². The minimum Gasteiger partial charge on any atom is -0.493 e. The lowest BCUT2D eigenvalue weighted by Gasteiger charge is -2.17. The molecule has 1 unspecified atom stereocenters. The third kappa shape index (κ3) is 2.50. The summed E-state index contributed by atoms with van der Waals surface area (Å²) < 4.78 is 6.76. The van der Waals surface area contributed by atoms with E-state index in [0.29, 0.717) is 5.02 Å². The Balaban J connectivity index is 2.07. The summed E-state index contributed by atoms with van der Waals surface area (Å²) in [4.78, 5) is 0. The van der Waals surface area contributed by atoms with Crippen LogP contribution >= 0.6 is 27.5 Å². The first-order valence-electron chi connectivity index (χ1n) is 6.11. The van der Waals surface area contributed by atoms with Crippen molar-refractivity contribution in [2.24, 2.45) is 5.73 Å². The molecule has 0 aliphatic carbocycles. The lowest BCUT2D eigenvalue weighted by molar-refractivity contribution is 0.352. The van der Waals surface area contributed by atoms with E-state index in [9.17, 15) is 0 Å². The van der Waals surface area contributed by atoms with Crippen LogP contribution in [0.25, 0.3) is 0 Å². The van der Waals surface area contributed by atoms with E-state index in [-0.39, 0.29) is 6.04 Å². The molecule has 19 heavy (non-hydrogen) atoms. The van der Waals surface area contributed by atoms with Crippen LogP contribution in [0.5, 0.6) is 5.75 Å². The highest BCUT2D eigenvalue weighted by atomic mass is 79.9. The van der Waals surface area contributed by atoms with Crippen molar-refractivity contribution < 1.29 is 4.74 Å². The monoisotopic (exact) mass is 337 g/mol. The van der Waals surface area contributed by atoms with Crippen LogP contribution in [0.15, 0.2) is 40.9 Å². The summed E-state index contributed by atoms with van der Waals surface area (Å²) in [5.74, 6) is 0.927. The van der Waals surface area contributed by atoms with Gasteiger partial charge in [-0.3, -0.25) is 0 Å². The predicted octanol–water partition coefficient (Wildman–Crippen LogP) is 4.09. The lowest BCUT2D eigenvalue weighted by Crippen LogP contribution is -2.13. The Morgan fingerprint density at radius 3 is 2.89 bits per heavy atom. The largest absolute Gasteiger partial charge is 0.493 e. The molecular weight excluding hydrogens is 326 g/mol. The number of nitrogens with two attached hydrogens (primary N) is 1.